The molecular formula is C13H14BrNO8. The van der Waals surface area contributed by atoms with Crippen molar-refractivity contribution in [1.82, 2.24) is 0 Å². The highest BCUT2D eigenvalue weighted by atomic mass is 79.9. The van der Waals surface area contributed by atoms with E-state index in [2.05, 4.69) is 15.9 Å². The average Bonchev–Trinajstić information content (AvgIpc) is 2.48. The maximum atomic E-state index is 11.4. The minimum Gasteiger partial charge on any atom is -0.479 e. The molecule has 0 aliphatic carbocycles. The third-order valence-corrected chi connectivity index (χ3v) is 3.76. The topological polar surface area (TPSA) is 160 Å². The second-order valence-electron chi connectivity index (χ2n) is 4.86. The molecule has 1 aromatic carbocycles. The van der Waals surface area contributed by atoms with Crippen LogP contribution in [0.5, 0.6) is 5.75 Å². The molecule has 2 rings (SSSR count). The molecule has 0 bridgehead atoms. The number of primary amides is 1. The minimum atomic E-state index is -1.83. The van der Waals surface area contributed by atoms with Gasteiger partial charge in [0.05, 0.1) is 5.56 Å². The average molecular weight is 392 g/mol. The third-order valence-electron chi connectivity index (χ3n) is 3.26. The molecule has 9 nitrogen and oxygen atoms in total. The molecule has 6 N–H and O–H groups in total. The number of nitrogens with two attached hydrogens (primary N) is 1. The second-order valence-corrected chi connectivity index (χ2v) is 5.77. The van der Waals surface area contributed by atoms with Gasteiger partial charge in [0, 0.05) is 4.47 Å². The summed E-state index contributed by atoms with van der Waals surface area (Å²) in [4.78, 5) is 22.4. The zero-order valence-electron chi connectivity index (χ0n) is 11.5. The molecule has 0 spiro atoms. The standard InChI is InChI=1S/C13H14BrNO8/c14-4-1-2-6(5(3-4)11(15)19)22-13-9(18)7(16)8(17)10(23-13)12(20)21/h1-3,7-10,13,16-18H,(H2,15,19)(H,20,21). The van der Waals surface area contributed by atoms with Gasteiger partial charge in [0.15, 0.2) is 6.10 Å². The van der Waals surface area contributed by atoms with Gasteiger partial charge in [-0.25, -0.2) is 4.79 Å². The first-order valence-electron chi connectivity index (χ1n) is 6.41. The highest BCUT2D eigenvalue weighted by molar-refractivity contribution is 9.10. The van der Waals surface area contributed by atoms with E-state index < -0.39 is 42.6 Å². The lowest BCUT2D eigenvalue weighted by Crippen LogP contribution is -2.61. The third kappa shape index (κ3) is 3.62. The number of hydrogen-bond acceptors (Lipinski definition) is 7. The van der Waals surface area contributed by atoms with E-state index in [-0.39, 0.29) is 11.3 Å². The molecule has 0 saturated carbocycles. The van der Waals surface area contributed by atoms with Gasteiger partial charge in [0.2, 0.25) is 6.29 Å². The summed E-state index contributed by atoms with van der Waals surface area (Å²) in [6, 6.07) is 4.25. The molecule has 5 atom stereocenters. The number of amides is 1. The number of carbonyl (C=O) groups is 2. The smallest absolute Gasteiger partial charge is 0.335 e. The van der Waals surface area contributed by atoms with Crippen LogP contribution >= 0.6 is 15.9 Å². The number of benzene rings is 1. The Hall–Kier alpha value is -1.72. The number of ether oxygens (including phenoxy) is 2. The SMILES string of the molecule is NC(=O)c1cc(Br)ccc1OC1OC(C(=O)O)C(O)C(O)C1O. The van der Waals surface area contributed by atoms with Gasteiger partial charge >= 0.3 is 5.97 Å². The van der Waals surface area contributed by atoms with E-state index in [1.165, 1.54) is 18.2 Å². The summed E-state index contributed by atoms with van der Waals surface area (Å²) in [6.07, 6.45) is -8.78. The Morgan fingerprint density at radius 3 is 2.39 bits per heavy atom. The number of hydrogen-bond donors (Lipinski definition) is 5. The van der Waals surface area contributed by atoms with E-state index in [9.17, 15) is 24.9 Å². The van der Waals surface area contributed by atoms with Crippen molar-refractivity contribution in [2.24, 2.45) is 5.73 Å². The number of aliphatic hydroxyl groups excluding tert-OH is 3. The number of aliphatic carboxylic acids is 1. The largest absolute Gasteiger partial charge is 0.479 e. The van der Waals surface area contributed by atoms with Crippen LogP contribution in [0.2, 0.25) is 0 Å². The Kier molecular flexibility index (Phi) is 5.22. The molecular weight excluding hydrogens is 378 g/mol. The van der Waals surface area contributed by atoms with Crippen molar-refractivity contribution in [1.29, 1.82) is 0 Å². The van der Waals surface area contributed by atoms with E-state index in [4.69, 9.17) is 20.3 Å². The van der Waals surface area contributed by atoms with Gasteiger partial charge in [0.1, 0.15) is 24.1 Å². The molecule has 1 heterocycles. The van der Waals surface area contributed by atoms with Gasteiger partial charge in [-0.2, -0.15) is 0 Å². The van der Waals surface area contributed by atoms with Crippen molar-refractivity contribution < 1.29 is 39.5 Å². The molecule has 1 aromatic rings. The van der Waals surface area contributed by atoms with Crippen LogP contribution in [-0.4, -0.2) is 63.0 Å². The normalized spacial score (nSPS) is 30.7. The summed E-state index contributed by atoms with van der Waals surface area (Å²) in [6.45, 7) is 0. The molecule has 1 fully saturated rings. The van der Waals surface area contributed by atoms with Crippen molar-refractivity contribution in [2.45, 2.75) is 30.7 Å². The predicted octanol–water partition coefficient (Wildman–Crippen LogP) is -1.18. The number of carbonyl (C=O) groups excluding carboxylic acids is 1. The zero-order chi connectivity index (χ0) is 17.3. The number of halogens is 1. The maximum Gasteiger partial charge on any atom is 0.335 e. The van der Waals surface area contributed by atoms with Crippen molar-refractivity contribution >= 4 is 27.8 Å². The Morgan fingerprint density at radius 1 is 1.17 bits per heavy atom. The summed E-state index contributed by atoms with van der Waals surface area (Å²) in [5.41, 5.74) is 5.18. The van der Waals surface area contributed by atoms with Crippen molar-refractivity contribution in [2.75, 3.05) is 0 Å². The molecule has 1 aliphatic rings. The molecule has 10 heteroatoms. The van der Waals surface area contributed by atoms with E-state index >= 15 is 0 Å². The molecule has 0 radical (unpaired) electrons. The summed E-state index contributed by atoms with van der Waals surface area (Å²) >= 11 is 3.15. The Bertz CT molecular complexity index is 624. The van der Waals surface area contributed by atoms with Crippen LogP contribution in [0.4, 0.5) is 0 Å². The van der Waals surface area contributed by atoms with Crippen LogP contribution in [0.1, 0.15) is 10.4 Å². The minimum absolute atomic E-state index is 0.0392. The first-order chi connectivity index (χ1) is 10.7. The molecule has 0 aromatic heterocycles. The van der Waals surface area contributed by atoms with Gasteiger partial charge < -0.3 is 35.6 Å². The lowest BCUT2D eigenvalue weighted by molar-refractivity contribution is -0.271. The highest BCUT2D eigenvalue weighted by Gasteiger charge is 2.48. The van der Waals surface area contributed by atoms with Crippen LogP contribution in [-0.2, 0) is 9.53 Å². The fraction of sp³-hybridized carbons (Fsp3) is 0.385. The fourth-order valence-electron chi connectivity index (χ4n) is 2.07. The molecule has 5 unspecified atom stereocenters. The number of rotatable bonds is 4. The van der Waals surface area contributed by atoms with E-state index in [1.54, 1.807) is 0 Å². The van der Waals surface area contributed by atoms with Crippen LogP contribution in [0.15, 0.2) is 22.7 Å². The molecule has 1 saturated heterocycles. The lowest BCUT2D eigenvalue weighted by Gasteiger charge is -2.38. The molecule has 1 aliphatic heterocycles. The zero-order valence-corrected chi connectivity index (χ0v) is 13.1. The number of carboxylic acids is 1. The first kappa shape index (κ1) is 17.6. The van der Waals surface area contributed by atoms with Crippen molar-refractivity contribution in [3.05, 3.63) is 28.2 Å². The van der Waals surface area contributed by atoms with E-state index in [0.29, 0.717) is 4.47 Å². The number of aliphatic hydroxyl groups is 3. The summed E-state index contributed by atoms with van der Waals surface area (Å²) < 4.78 is 10.8. The summed E-state index contributed by atoms with van der Waals surface area (Å²) in [7, 11) is 0. The van der Waals surface area contributed by atoms with Crippen LogP contribution < -0.4 is 10.5 Å². The predicted molar refractivity (Wildman–Crippen MR) is 77.6 cm³/mol. The van der Waals surface area contributed by atoms with Gasteiger partial charge in [-0.3, -0.25) is 4.79 Å². The summed E-state index contributed by atoms with van der Waals surface area (Å²) in [5.74, 6) is -2.43. The van der Waals surface area contributed by atoms with Gasteiger partial charge in [-0.1, -0.05) is 15.9 Å². The Labute approximate surface area is 138 Å². The fourth-order valence-corrected chi connectivity index (χ4v) is 2.43. The first-order valence-corrected chi connectivity index (χ1v) is 7.20. The van der Waals surface area contributed by atoms with Crippen LogP contribution in [0, 0.1) is 0 Å². The monoisotopic (exact) mass is 391 g/mol. The van der Waals surface area contributed by atoms with Gasteiger partial charge in [-0.05, 0) is 18.2 Å². The quantitative estimate of drug-likeness (QED) is 0.428. The Balaban J connectivity index is 2.28. The Morgan fingerprint density at radius 2 is 1.83 bits per heavy atom. The van der Waals surface area contributed by atoms with Crippen LogP contribution in [0.3, 0.4) is 0 Å². The molecule has 1 amide bonds. The molecule has 126 valence electrons. The van der Waals surface area contributed by atoms with E-state index in [1.807, 2.05) is 0 Å². The highest BCUT2D eigenvalue weighted by Crippen LogP contribution is 2.28. The second kappa shape index (κ2) is 6.81. The van der Waals surface area contributed by atoms with E-state index in [0.717, 1.165) is 0 Å². The molecule has 23 heavy (non-hydrogen) atoms. The lowest BCUT2D eigenvalue weighted by atomic mass is 9.99. The summed E-state index contributed by atoms with van der Waals surface area (Å²) in [5, 5.41) is 38.1. The number of carboxylic acid groups (broad SMARTS) is 1. The van der Waals surface area contributed by atoms with Crippen molar-refractivity contribution in [3.63, 3.8) is 0 Å². The van der Waals surface area contributed by atoms with Crippen molar-refractivity contribution in [3.8, 4) is 5.75 Å². The van der Waals surface area contributed by atoms with Gasteiger partial charge in [-0.15, -0.1) is 0 Å². The van der Waals surface area contributed by atoms with Gasteiger partial charge in [0.25, 0.3) is 5.91 Å². The van der Waals surface area contributed by atoms with Crippen LogP contribution in [0.25, 0.3) is 0 Å². The maximum absolute atomic E-state index is 11.4.